The van der Waals surface area contributed by atoms with Crippen LogP contribution in [0.1, 0.15) is 0 Å². The van der Waals surface area contributed by atoms with Gasteiger partial charge >= 0.3 is 0 Å². The second-order valence-corrected chi connectivity index (χ2v) is 16.7. The Morgan fingerprint density at radius 1 is 0.355 bits per heavy atom. The Kier molecular flexibility index (Phi) is 8.65. The number of thiophene rings is 1. The fourth-order valence-corrected chi connectivity index (χ4v) is 9.95. The van der Waals surface area contributed by atoms with Crippen LogP contribution in [0.2, 0.25) is 0 Å². The van der Waals surface area contributed by atoms with Gasteiger partial charge in [0.25, 0.3) is 0 Å². The topological polar surface area (TPSA) is 43.1 Å². The van der Waals surface area contributed by atoms with Crippen molar-refractivity contribution < 1.29 is 0 Å². The Hall–Kier alpha value is -7.99. The van der Waals surface area contributed by atoms with Crippen molar-refractivity contribution in [1.29, 1.82) is 0 Å². The highest BCUT2D eigenvalue weighted by Crippen LogP contribution is 2.42. The Morgan fingerprint density at radius 2 is 0.919 bits per heavy atom. The van der Waals surface area contributed by atoms with Crippen molar-refractivity contribution in [3.05, 3.63) is 218 Å². The van der Waals surface area contributed by atoms with Crippen LogP contribution in [0, 0.1) is 0 Å². The summed E-state index contributed by atoms with van der Waals surface area (Å²) < 4.78 is 4.75. The largest absolute Gasteiger partial charge is 0.231 e. The van der Waals surface area contributed by atoms with Gasteiger partial charge in [0.05, 0.1) is 22.6 Å². The third-order valence-corrected chi connectivity index (χ3v) is 13.0. The lowest BCUT2D eigenvalue weighted by atomic mass is 9.97. The van der Waals surface area contributed by atoms with Crippen molar-refractivity contribution in [3.63, 3.8) is 0 Å². The van der Waals surface area contributed by atoms with E-state index in [1.807, 2.05) is 17.4 Å². The number of aromatic nitrogens is 4. The first kappa shape index (κ1) is 35.9. The third kappa shape index (κ3) is 6.26. The Labute approximate surface area is 362 Å². The molecule has 0 unspecified atom stereocenters. The molecule has 0 aliphatic heterocycles. The van der Waals surface area contributed by atoms with Crippen molar-refractivity contribution in [1.82, 2.24) is 19.6 Å². The summed E-state index contributed by atoms with van der Waals surface area (Å²) in [6, 6.07) is 77.3. The standard InChI is InChI=1S/C57H36N4S/c1-4-15-38(16-5-1)49-36-50(39-29-27-37(28-30-39)42-31-32-48-47-25-12-13-26-52(47)62-53(48)35-42)59-57(58-49)45-23-14-22-44(33-45)51-34-43-21-10-11-24-46(43)56-54(40-17-6-2-7-18-40)55(60-61(51)56)41-19-8-3-9-20-41/h1-36H. The number of hydrogen-bond donors (Lipinski definition) is 0. The van der Waals surface area contributed by atoms with E-state index in [-0.39, 0.29) is 0 Å². The van der Waals surface area contributed by atoms with Crippen LogP contribution >= 0.6 is 11.3 Å². The van der Waals surface area contributed by atoms with Gasteiger partial charge in [-0.2, -0.15) is 5.10 Å². The summed E-state index contributed by atoms with van der Waals surface area (Å²) in [5.74, 6) is 0.662. The lowest BCUT2D eigenvalue weighted by Gasteiger charge is -2.13. The molecule has 12 aromatic rings. The van der Waals surface area contributed by atoms with E-state index in [1.165, 1.54) is 31.3 Å². The minimum Gasteiger partial charge on any atom is -0.231 e. The third-order valence-electron chi connectivity index (χ3n) is 11.8. The monoisotopic (exact) mass is 808 g/mol. The second kappa shape index (κ2) is 14.9. The maximum atomic E-state index is 5.44. The first-order chi connectivity index (χ1) is 30.7. The number of pyridine rings is 1. The maximum absolute atomic E-state index is 5.44. The van der Waals surface area contributed by atoms with E-state index < -0.39 is 0 Å². The summed E-state index contributed by atoms with van der Waals surface area (Å²) in [5.41, 5.74) is 14.4. The van der Waals surface area contributed by atoms with Gasteiger partial charge in [-0.3, -0.25) is 0 Å². The van der Waals surface area contributed by atoms with Crippen molar-refractivity contribution in [2.75, 3.05) is 0 Å². The lowest BCUT2D eigenvalue weighted by Crippen LogP contribution is -1.98. The predicted molar refractivity (Wildman–Crippen MR) is 259 cm³/mol. The molecule has 0 radical (unpaired) electrons. The molecular weight excluding hydrogens is 773 g/mol. The molecule has 0 bridgehead atoms. The van der Waals surface area contributed by atoms with Gasteiger partial charge in [0.2, 0.25) is 0 Å². The van der Waals surface area contributed by atoms with Crippen LogP contribution in [0.25, 0.3) is 115 Å². The zero-order chi connectivity index (χ0) is 41.0. The Bertz CT molecular complexity index is 3610. The molecule has 0 saturated heterocycles. The van der Waals surface area contributed by atoms with E-state index in [0.717, 1.165) is 78.0 Å². The number of hydrogen-bond acceptors (Lipinski definition) is 4. The highest BCUT2D eigenvalue weighted by molar-refractivity contribution is 7.25. The molecule has 62 heavy (non-hydrogen) atoms. The van der Waals surface area contributed by atoms with Crippen LogP contribution in [0.5, 0.6) is 0 Å². The first-order valence-corrected chi connectivity index (χ1v) is 21.7. The highest BCUT2D eigenvalue weighted by atomic mass is 32.1. The average Bonchev–Trinajstić information content (AvgIpc) is 3.94. The summed E-state index contributed by atoms with van der Waals surface area (Å²) in [5, 5.41) is 10.4. The molecule has 0 aliphatic rings. The Morgan fingerprint density at radius 3 is 1.68 bits per heavy atom. The highest BCUT2D eigenvalue weighted by Gasteiger charge is 2.22. The summed E-state index contributed by atoms with van der Waals surface area (Å²) in [7, 11) is 0. The number of rotatable bonds is 7. The lowest BCUT2D eigenvalue weighted by molar-refractivity contribution is 0.979. The van der Waals surface area contributed by atoms with Crippen molar-refractivity contribution in [2.24, 2.45) is 0 Å². The fourth-order valence-electron chi connectivity index (χ4n) is 8.81. The minimum atomic E-state index is 0.662. The van der Waals surface area contributed by atoms with Gasteiger partial charge < -0.3 is 0 Å². The van der Waals surface area contributed by atoms with Crippen LogP contribution < -0.4 is 0 Å². The predicted octanol–water partition coefficient (Wildman–Crippen LogP) is 15.3. The molecular formula is C57H36N4S. The number of nitrogens with zero attached hydrogens (tertiary/aromatic N) is 4. The molecule has 5 heteroatoms. The number of fused-ring (bicyclic) bond motifs is 6. The summed E-state index contributed by atoms with van der Waals surface area (Å²) in [6.07, 6.45) is 0. The van der Waals surface area contributed by atoms with Gasteiger partial charge in [-0.25, -0.2) is 14.5 Å². The van der Waals surface area contributed by atoms with Crippen LogP contribution in [-0.2, 0) is 0 Å². The molecule has 0 spiro atoms. The zero-order valence-electron chi connectivity index (χ0n) is 33.5. The summed E-state index contributed by atoms with van der Waals surface area (Å²) in [6.45, 7) is 0. The van der Waals surface area contributed by atoms with Gasteiger partial charge in [-0.05, 0) is 52.4 Å². The minimum absolute atomic E-state index is 0.662. The molecule has 290 valence electrons. The van der Waals surface area contributed by atoms with E-state index in [9.17, 15) is 0 Å². The van der Waals surface area contributed by atoms with Gasteiger partial charge in [-0.15, -0.1) is 11.3 Å². The molecule has 0 saturated carbocycles. The molecule has 4 heterocycles. The smallest absolute Gasteiger partial charge is 0.160 e. The molecule has 0 N–H and O–H groups in total. The quantitative estimate of drug-likeness (QED) is 0.161. The van der Waals surface area contributed by atoms with Gasteiger partial charge in [0.1, 0.15) is 5.69 Å². The van der Waals surface area contributed by atoms with E-state index in [2.05, 4.69) is 217 Å². The second-order valence-electron chi connectivity index (χ2n) is 15.6. The van der Waals surface area contributed by atoms with Crippen LogP contribution in [0.15, 0.2) is 218 Å². The Balaban J connectivity index is 0.990. The maximum Gasteiger partial charge on any atom is 0.160 e. The summed E-state index contributed by atoms with van der Waals surface area (Å²) >= 11 is 1.85. The molecule has 0 amide bonds. The fraction of sp³-hybridized carbons (Fsp3) is 0. The molecule has 12 rings (SSSR count). The summed E-state index contributed by atoms with van der Waals surface area (Å²) in [4.78, 5) is 10.5. The van der Waals surface area contributed by atoms with E-state index in [4.69, 9.17) is 15.1 Å². The average molecular weight is 809 g/mol. The van der Waals surface area contributed by atoms with Crippen LogP contribution in [-0.4, -0.2) is 19.6 Å². The van der Waals surface area contributed by atoms with Crippen molar-refractivity contribution in [3.8, 4) is 78.7 Å². The van der Waals surface area contributed by atoms with Gasteiger partial charge in [0, 0.05) is 58.9 Å². The van der Waals surface area contributed by atoms with Crippen molar-refractivity contribution in [2.45, 2.75) is 0 Å². The normalized spacial score (nSPS) is 11.5. The van der Waals surface area contributed by atoms with Gasteiger partial charge in [0.15, 0.2) is 5.82 Å². The van der Waals surface area contributed by atoms with E-state index >= 15 is 0 Å². The molecule has 0 atom stereocenters. The molecule has 8 aromatic carbocycles. The van der Waals surface area contributed by atoms with Crippen molar-refractivity contribution >= 4 is 47.8 Å². The molecule has 4 aromatic heterocycles. The SMILES string of the molecule is c1ccc(-c2cc(-c3ccc(-c4ccc5c(c4)sc4ccccc45)cc3)nc(-c3cccc(-c4cc5ccccc5c5c(-c6ccccc6)c(-c6ccccc6)nn45)c3)n2)cc1. The molecule has 0 fully saturated rings. The van der Waals surface area contributed by atoms with E-state index in [0.29, 0.717) is 5.82 Å². The van der Waals surface area contributed by atoms with Crippen LogP contribution in [0.4, 0.5) is 0 Å². The number of benzene rings is 8. The zero-order valence-corrected chi connectivity index (χ0v) is 34.3. The molecule has 0 aliphatic carbocycles. The first-order valence-electron chi connectivity index (χ1n) is 20.8. The van der Waals surface area contributed by atoms with Gasteiger partial charge in [-0.1, -0.05) is 188 Å². The van der Waals surface area contributed by atoms with E-state index in [1.54, 1.807) is 0 Å². The van der Waals surface area contributed by atoms with Crippen LogP contribution in [0.3, 0.4) is 0 Å². The molecule has 4 nitrogen and oxygen atoms in total.